The molecule has 1 atom stereocenters. The molecule has 0 aromatic heterocycles. The van der Waals surface area contributed by atoms with E-state index >= 15 is 0 Å². The van der Waals surface area contributed by atoms with E-state index in [1.54, 1.807) is 0 Å². The molecule has 0 saturated carbocycles. The van der Waals surface area contributed by atoms with Gasteiger partial charge < -0.3 is 14.8 Å². The van der Waals surface area contributed by atoms with Gasteiger partial charge in [-0.3, -0.25) is 0 Å². The van der Waals surface area contributed by atoms with Crippen LogP contribution in [-0.2, 0) is 0 Å². The van der Waals surface area contributed by atoms with Crippen molar-refractivity contribution in [3.63, 3.8) is 0 Å². The molecule has 0 fully saturated rings. The van der Waals surface area contributed by atoms with Crippen LogP contribution in [0.5, 0.6) is 11.5 Å². The molecular weight excluding hydrogens is 274 g/mol. The Balaban J connectivity index is 1.96. The van der Waals surface area contributed by atoms with Gasteiger partial charge in [0, 0.05) is 0 Å². The Kier molecular flexibility index (Phi) is 6.13. The molecule has 3 nitrogen and oxygen atoms in total. The van der Waals surface area contributed by atoms with Gasteiger partial charge in [-0.15, -0.1) is 0 Å². The lowest BCUT2D eigenvalue weighted by atomic mass is 10.2. The monoisotopic (exact) mass is 299 g/mol. The maximum absolute atomic E-state index is 6.00. The second-order valence-corrected chi connectivity index (χ2v) is 5.50. The minimum atomic E-state index is 0.120. The van der Waals surface area contributed by atoms with E-state index < -0.39 is 0 Å². The first kappa shape index (κ1) is 16.2. The molecule has 0 aliphatic heterocycles. The number of rotatable bonds is 8. The van der Waals surface area contributed by atoms with Crippen molar-refractivity contribution in [2.45, 2.75) is 39.4 Å². The first-order valence-corrected chi connectivity index (χ1v) is 7.90. The molecule has 22 heavy (non-hydrogen) atoms. The van der Waals surface area contributed by atoms with E-state index in [0.717, 1.165) is 30.2 Å². The summed E-state index contributed by atoms with van der Waals surface area (Å²) in [7, 11) is 0. The predicted molar refractivity (Wildman–Crippen MR) is 91.8 cm³/mol. The summed E-state index contributed by atoms with van der Waals surface area (Å²) in [5.41, 5.74) is 1.01. The second-order valence-electron chi connectivity index (χ2n) is 5.50. The largest absolute Gasteiger partial charge is 0.489 e. The van der Waals surface area contributed by atoms with Crippen LogP contribution in [0.15, 0.2) is 54.6 Å². The third-order valence-corrected chi connectivity index (χ3v) is 3.27. The highest BCUT2D eigenvalue weighted by atomic mass is 16.5. The SMILES string of the molecule is CCC(CNc1ccccc1OC(C)C)Oc1ccccc1. The van der Waals surface area contributed by atoms with Crippen LogP contribution in [0.25, 0.3) is 0 Å². The van der Waals surface area contributed by atoms with Gasteiger partial charge in [0.2, 0.25) is 0 Å². The van der Waals surface area contributed by atoms with Crippen LogP contribution < -0.4 is 14.8 Å². The topological polar surface area (TPSA) is 30.5 Å². The molecule has 118 valence electrons. The van der Waals surface area contributed by atoms with Gasteiger partial charge in [0.15, 0.2) is 0 Å². The van der Waals surface area contributed by atoms with Gasteiger partial charge >= 0.3 is 0 Å². The fraction of sp³-hybridized carbons (Fsp3) is 0.368. The Morgan fingerprint density at radius 3 is 2.27 bits per heavy atom. The lowest BCUT2D eigenvalue weighted by Crippen LogP contribution is -2.25. The summed E-state index contributed by atoms with van der Waals surface area (Å²) in [6.07, 6.45) is 1.22. The molecule has 1 N–H and O–H groups in total. The summed E-state index contributed by atoms with van der Waals surface area (Å²) in [6, 6.07) is 18.0. The fourth-order valence-corrected chi connectivity index (χ4v) is 2.15. The Hall–Kier alpha value is -2.16. The predicted octanol–water partition coefficient (Wildman–Crippen LogP) is 4.74. The molecule has 1 unspecified atom stereocenters. The highest BCUT2D eigenvalue weighted by molar-refractivity contribution is 5.56. The smallest absolute Gasteiger partial charge is 0.142 e. The molecule has 2 aromatic carbocycles. The van der Waals surface area contributed by atoms with Crippen molar-refractivity contribution in [1.29, 1.82) is 0 Å². The molecule has 0 amide bonds. The van der Waals surface area contributed by atoms with Crippen LogP contribution in [0, 0.1) is 0 Å². The van der Waals surface area contributed by atoms with Gasteiger partial charge in [-0.05, 0) is 44.5 Å². The lowest BCUT2D eigenvalue weighted by Gasteiger charge is -2.20. The van der Waals surface area contributed by atoms with Crippen LogP contribution in [0.1, 0.15) is 27.2 Å². The maximum Gasteiger partial charge on any atom is 0.142 e. The molecule has 3 heteroatoms. The average molecular weight is 299 g/mol. The van der Waals surface area contributed by atoms with Crippen LogP contribution in [0.2, 0.25) is 0 Å². The Morgan fingerprint density at radius 2 is 1.59 bits per heavy atom. The standard InChI is InChI=1S/C19H25NO2/c1-4-16(22-17-10-6-5-7-11-17)14-20-18-12-8-9-13-19(18)21-15(2)3/h5-13,15-16,20H,4,14H2,1-3H3. The van der Waals surface area contributed by atoms with E-state index in [4.69, 9.17) is 9.47 Å². The Morgan fingerprint density at radius 1 is 0.909 bits per heavy atom. The normalized spacial score (nSPS) is 12.0. The van der Waals surface area contributed by atoms with Crippen LogP contribution in [0.3, 0.4) is 0 Å². The number of hydrogen-bond acceptors (Lipinski definition) is 3. The van der Waals surface area contributed by atoms with Crippen LogP contribution in [-0.4, -0.2) is 18.8 Å². The minimum absolute atomic E-state index is 0.120. The maximum atomic E-state index is 6.00. The number of benzene rings is 2. The van der Waals surface area contributed by atoms with Crippen molar-refractivity contribution >= 4 is 5.69 Å². The minimum Gasteiger partial charge on any atom is -0.489 e. The summed E-state index contributed by atoms with van der Waals surface area (Å²) in [5, 5.41) is 3.44. The fourth-order valence-electron chi connectivity index (χ4n) is 2.15. The molecular formula is C19H25NO2. The molecule has 0 bridgehead atoms. The van der Waals surface area contributed by atoms with Gasteiger partial charge in [0.1, 0.15) is 17.6 Å². The van der Waals surface area contributed by atoms with Gasteiger partial charge in [-0.2, -0.15) is 0 Å². The summed E-state index contributed by atoms with van der Waals surface area (Å²) >= 11 is 0. The van der Waals surface area contributed by atoms with Crippen LogP contribution in [0.4, 0.5) is 5.69 Å². The zero-order valence-corrected chi connectivity index (χ0v) is 13.6. The van der Waals surface area contributed by atoms with Gasteiger partial charge in [0.25, 0.3) is 0 Å². The van der Waals surface area contributed by atoms with E-state index in [1.165, 1.54) is 0 Å². The lowest BCUT2D eigenvalue weighted by molar-refractivity contribution is 0.209. The molecule has 0 heterocycles. The number of anilines is 1. The molecule has 2 rings (SSSR count). The van der Waals surface area contributed by atoms with E-state index in [9.17, 15) is 0 Å². The second kappa shape index (κ2) is 8.32. The quantitative estimate of drug-likeness (QED) is 0.763. The zero-order chi connectivity index (χ0) is 15.8. The van der Waals surface area contributed by atoms with Crippen LogP contribution >= 0.6 is 0 Å². The molecule has 0 saturated heterocycles. The Bertz CT molecular complexity index is 554. The number of para-hydroxylation sites is 3. The third kappa shape index (κ3) is 4.99. The van der Waals surface area contributed by atoms with Crippen molar-refractivity contribution in [3.05, 3.63) is 54.6 Å². The van der Waals surface area contributed by atoms with Gasteiger partial charge in [0.05, 0.1) is 18.3 Å². The van der Waals surface area contributed by atoms with E-state index in [2.05, 4.69) is 12.2 Å². The number of nitrogens with one attached hydrogen (secondary N) is 1. The summed E-state index contributed by atoms with van der Waals surface area (Å²) in [6.45, 7) is 6.93. The van der Waals surface area contributed by atoms with E-state index in [1.807, 2.05) is 68.4 Å². The van der Waals surface area contributed by atoms with Gasteiger partial charge in [-0.25, -0.2) is 0 Å². The van der Waals surface area contributed by atoms with Crippen molar-refractivity contribution < 1.29 is 9.47 Å². The summed E-state index contributed by atoms with van der Waals surface area (Å²) in [4.78, 5) is 0. The average Bonchev–Trinajstić information content (AvgIpc) is 2.53. The van der Waals surface area contributed by atoms with E-state index in [0.29, 0.717) is 0 Å². The molecule has 0 aliphatic rings. The van der Waals surface area contributed by atoms with Crippen molar-refractivity contribution in [2.75, 3.05) is 11.9 Å². The first-order chi connectivity index (χ1) is 10.7. The highest BCUT2D eigenvalue weighted by Crippen LogP contribution is 2.25. The molecule has 0 radical (unpaired) electrons. The molecule has 0 spiro atoms. The summed E-state index contributed by atoms with van der Waals surface area (Å²) < 4.78 is 11.8. The van der Waals surface area contributed by atoms with Crippen molar-refractivity contribution in [3.8, 4) is 11.5 Å². The van der Waals surface area contributed by atoms with E-state index in [-0.39, 0.29) is 12.2 Å². The zero-order valence-electron chi connectivity index (χ0n) is 13.6. The molecule has 2 aromatic rings. The number of ether oxygens (including phenoxy) is 2. The number of hydrogen-bond donors (Lipinski definition) is 1. The Labute approximate surface area is 133 Å². The summed E-state index contributed by atoms with van der Waals surface area (Å²) in [5.74, 6) is 1.79. The van der Waals surface area contributed by atoms with Crippen molar-refractivity contribution in [1.82, 2.24) is 0 Å². The highest BCUT2D eigenvalue weighted by Gasteiger charge is 2.10. The third-order valence-electron chi connectivity index (χ3n) is 3.27. The molecule has 0 aliphatic carbocycles. The van der Waals surface area contributed by atoms with Crippen molar-refractivity contribution in [2.24, 2.45) is 0 Å². The first-order valence-electron chi connectivity index (χ1n) is 7.90. The van der Waals surface area contributed by atoms with Gasteiger partial charge in [-0.1, -0.05) is 37.3 Å².